The van der Waals surface area contributed by atoms with Crippen LogP contribution >= 0.6 is 0 Å². The molecule has 138 valence electrons. The second-order valence-corrected chi connectivity index (χ2v) is 7.14. The first-order chi connectivity index (χ1) is 12.7. The number of aromatic nitrogens is 3. The topological polar surface area (TPSA) is 81.1 Å². The van der Waals surface area contributed by atoms with Gasteiger partial charge in [0.2, 0.25) is 0 Å². The Kier molecular flexibility index (Phi) is 4.88. The van der Waals surface area contributed by atoms with E-state index in [1.54, 1.807) is 6.20 Å². The summed E-state index contributed by atoms with van der Waals surface area (Å²) in [6.07, 6.45) is 9.57. The van der Waals surface area contributed by atoms with Crippen molar-refractivity contribution in [3.05, 3.63) is 42.1 Å². The number of ether oxygens (including phenoxy) is 1. The van der Waals surface area contributed by atoms with Crippen LogP contribution in [0.25, 0.3) is 0 Å². The Morgan fingerprint density at radius 2 is 2.15 bits per heavy atom. The lowest BCUT2D eigenvalue weighted by Gasteiger charge is -2.33. The molecule has 2 aliphatic rings. The molecule has 2 fully saturated rings. The summed E-state index contributed by atoms with van der Waals surface area (Å²) in [4.78, 5) is 21.1. The number of nitrogens with one attached hydrogen (secondary N) is 2. The molecule has 1 aliphatic carbocycles. The Morgan fingerprint density at radius 3 is 2.88 bits per heavy atom. The van der Waals surface area contributed by atoms with Gasteiger partial charge in [0.1, 0.15) is 12.1 Å². The van der Waals surface area contributed by atoms with E-state index in [0.717, 1.165) is 17.8 Å². The number of anilines is 1. The molecular formula is C19H25N5O2. The fraction of sp³-hybridized carbons (Fsp3) is 0.526. The summed E-state index contributed by atoms with van der Waals surface area (Å²) in [7, 11) is 2.03. The lowest BCUT2D eigenvalue weighted by molar-refractivity contribution is 0.0619. The van der Waals surface area contributed by atoms with Crippen LogP contribution in [0.4, 0.5) is 5.82 Å². The highest BCUT2D eigenvalue weighted by molar-refractivity contribution is 5.96. The zero-order chi connectivity index (χ0) is 17.9. The third-order valence-corrected chi connectivity index (χ3v) is 5.45. The molecule has 4 rings (SSSR count). The molecule has 26 heavy (non-hydrogen) atoms. The van der Waals surface area contributed by atoms with Crippen molar-refractivity contribution in [3.8, 4) is 0 Å². The maximum Gasteiger partial charge on any atom is 0.253 e. The van der Waals surface area contributed by atoms with Crippen LogP contribution in [0.3, 0.4) is 0 Å². The number of nitrogens with zero attached hydrogens (tertiary/aromatic N) is 3. The van der Waals surface area contributed by atoms with Crippen molar-refractivity contribution < 1.29 is 9.53 Å². The minimum Gasteiger partial charge on any atom is -0.379 e. The molecule has 1 saturated carbocycles. The molecule has 1 amide bonds. The Balaban J connectivity index is 1.47. The summed E-state index contributed by atoms with van der Waals surface area (Å²) in [6.45, 7) is 1.19. The van der Waals surface area contributed by atoms with Crippen LogP contribution in [-0.2, 0) is 11.8 Å². The van der Waals surface area contributed by atoms with Crippen LogP contribution in [0, 0.1) is 0 Å². The van der Waals surface area contributed by atoms with E-state index in [9.17, 15) is 4.79 Å². The van der Waals surface area contributed by atoms with Gasteiger partial charge in [0.05, 0.1) is 24.3 Å². The zero-order valence-electron chi connectivity index (χ0n) is 15.0. The van der Waals surface area contributed by atoms with Gasteiger partial charge in [-0.05, 0) is 37.3 Å². The first-order valence-corrected chi connectivity index (χ1v) is 9.29. The Labute approximate surface area is 153 Å². The van der Waals surface area contributed by atoms with Crippen LogP contribution in [0.1, 0.15) is 47.7 Å². The molecular weight excluding hydrogens is 330 g/mol. The highest BCUT2D eigenvalue weighted by Gasteiger charge is 2.31. The quantitative estimate of drug-likeness (QED) is 0.858. The lowest BCUT2D eigenvalue weighted by Crippen LogP contribution is -2.52. The number of rotatable bonds is 5. The van der Waals surface area contributed by atoms with Gasteiger partial charge < -0.3 is 19.9 Å². The second-order valence-electron chi connectivity index (χ2n) is 7.14. The summed E-state index contributed by atoms with van der Waals surface area (Å²) in [5, 5.41) is 6.58. The summed E-state index contributed by atoms with van der Waals surface area (Å²) in [6, 6.07) is 3.74. The van der Waals surface area contributed by atoms with Gasteiger partial charge >= 0.3 is 0 Å². The highest BCUT2D eigenvalue weighted by atomic mass is 16.5. The fourth-order valence-corrected chi connectivity index (χ4v) is 3.79. The molecule has 3 heterocycles. The van der Waals surface area contributed by atoms with Gasteiger partial charge in [-0.15, -0.1) is 0 Å². The Hall–Kier alpha value is -2.41. The first-order valence-electron chi connectivity index (χ1n) is 9.29. The van der Waals surface area contributed by atoms with E-state index >= 15 is 0 Å². The molecule has 7 heteroatoms. The van der Waals surface area contributed by atoms with Crippen molar-refractivity contribution in [3.63, 3.8) is 0 Å². The highest BCUT2D eigenvalue weighted by Crippen LogP contribution is 2.38. The molecule has 0 aromatic carbocycles. The van der Waals surface area contributed by atoms with Crippen LogP contribution in [-0.4, -0.2) is 45.7 Å². The van der Waals surface area contributed by atoms with E-state index < -0.39 is 0 Å². The third kappa shape index (κ3) is 3.44. The summed E-state index contributed by atoms with van der Waals surface area (Å²) in [5.74, 6) is 1.26. The van der Waals surface area contributed by atoms with E-state index in [4.69, 9.17) is 4.74 Å². The molecule has 0 spiro atoms. The Bertz CT molecular complexity index is 757. The SMILES string of the molecule is Cn1ccc(C(=O)N[C@H]2CCOC[C@H]2Nc2ccncn2)c1C1CCC1. The minimum atomic E-state index is -0.0153. The van der Waals surface area contributed by atoms with Crippen molar-refractivity contribution in [2.45, 2.75) is 43.7 Å². The number of hydrogen-bond donors (Lipinski definition) is 2. The smallest absolute Gasteiger partial charge is 0.253 e. The predicted octanol–water partition coefficient (Wildman–Crippen LogP) is 2.08. The minimum absolute atomic E-state index is 0.000613. The van der Waals surface area contributed by atoms with Gasteiger partial charge in [0.25, 0.3) is 5.91 Å². The molecule has 7 nitrogen and oxygen atoms in total. The number of hydrogen-bond acceptors (Lipinski definition) is 5. The van der Waals surface area contributed by atoms with Gasteiger partial charge in [-0.25, -0.2) is 9.97 Å². The summed E-state index contributed by atoms with van der Waals surface area (Å²) in [5.41, 5.74) is 1.98. The normalized spacial score (nSPS) is 23.3. The molecule has 2 aromatic rings. The van der Waals surface area contributed by atoms with Crippen LogP contribution in [0.15, 0.2) is 30.9 Å². The standard InChI is InChI=1S/C19H25N5O2/c1-24-9-6-14(18(24)13-3-2-4-13)19(25)23-15-7-10-26-11-16(15)22-17-5-8-20-12-21-17/h5-6,8-9,12-13,15-16H,2-4,7,10-11H2,1H3,(H,23,25)(H,20,21,22)/t15-,16+/m0/s1. The van der Waals surface area contributed by atoms with Crippen LogP contribution < -0.4 is 10.6 Å². The van der Waals surface area contributed by atoms with Crippen molar-refractivity contribution in [2.75, 3.05) is 18.5 Å². The van der Waals surface area contributed by atoms with E-state index in [-0.39, 0.29) is 18.0 Å². The van der Waals surface area contributed by atoms with Gasteiger partial charge in [0, 0.05) is 31.7 Å². The Morgan fingerprint density at radius 1 is 1.27 bits per heavy atom. The van der Waals surface area contributed by atoms with Crippen molar-refractivity contribution in [2.24, 2.45) is 7.05 Å². The maximum atomic E-state index is 13.0. The maximum absolute atomic E-state index is 13.0. The van der Waals surface area contributed by atoms with Gasteiger partial charge in [0.15, 0.2) is 0 Å². The zero-order valence-corrected chi connectivity index (χ0v) is 15.0. The molecule has 2 atom stereocenters. The number of carbonyl (C=O) groups is 1. The second kappa shape index (κ2) is 7.45. The summed E-state index contributed by atoms with van der Waals surface area (Å²) < 4.78 is 7.70. The van der Waals surface area contributed by atoms with E-state index in [1.807, 2.05) is 25.4 Å². The molecule has 1 aliphatic heterocycles. The molecule has 2 N–H and O–H groups in total. The largest absolute Gasteiger partial charge is 0.379 e. The number of aryl methyl sites for hydroxylation is 1. The third-order valence-electron chi connectivity index (χ3n) is 5.45. The van der Waals surface area contributed by atoms with E-state index in [0.29, 0.717) is 19.1 Å². The number of amides is 1. The van der Waals surface area contributed by atoms with Crippen LogP contribution in [0.2, 0.25) is 0 Å². The lowest BCUT2D eigenvalue weighted by atomic mass is 9.81. The van der Waals surface area contributed by atoms with Crippen molar-refractivity contribution in [1.82, 2.24) is 19.9 Å². The fourth-order valence-electron chi connectivity index (χ4n) is 3.79. The average molecular weight is 355 g/mol. The van der Waals surface area contributed by atoms with Gasteiger partial charge in [-0.3, -0.25) is 4.79 Å². The van der Waals surface area contributed by atoms with Crippen molar-refractivity contribution >= 4 is 11.7 Å². The summed E-state index contributed by atoms with van der Waals surface area (Å²) >= 11 is 0. The van der Waals surface area contributed by atoms with Crippen molar-refractivity contribution in [1.29, 1.82) is 0 Å². The van der Waals surface area contributed by atoms with E-state index in [2.05, 4.69) is 25.2 Å². The van der Waals surface area contributed by atoms with E-state index in [1.165, 1.54) is 31.3 Å². The molecule has 0 unspecified atom stereocenters. The molecule has 1 saturated heterocycles. The molecule has 2 aromatic heterocycles. The molecule has 0 radical (unpaired) electrons. The predicted molar refractivity (Wildman–Crippen MR) is 98.1 cm³/mol. The van der Waals surface area contributed by atoms with Crippen LogP contribution in [0.5, 0.6) is 0 Å². The number of carbonyl (C=O) groups excluding carboxylic acids is 1. The molecule has 0 bridgehead atoms. The average Bonchev–Trinajstić information content (AvgIpc) is 2.98. The van der Waals surface area contributed by atoms with Gasteiger partial charge in [-0.2, -0.15) is 0 Å². The first kappa shape index (κ1) is 17.0. The monoisotopic (exact) mass is 355 g/mol. The van der Waals surface area contributed by atoms with Gasteiger partial charge in [-0.1, -0.05) is 6.42 Å².